The molecule has 6 rings (SSSR count). The number of carbonyl (C=O) groups is 1. The third-order valence-electron chi connectivity index (χ3n) is 8.02. The van der Waals surface area contributed by atoms with E-state index in [0.717, 1.165) is 29.8 Å². The summed E-state index contributed by atoms with van der Waals surface area (Å²) in [4.78, 5) is 15.9. The van der Waals surface area contributed by atoms with Gasteiger partial charge in [0.1, 0.15) is 23.9 Å². The minimum Gasteiger partial charge on any atom is -0.492 e. The number of nitrogens with zero attached hydrogens (tertiary/aromatic N) is 3. The Hall–Kier alpha value is -4.52. The van der Waals surface area contributed by atoms with E-state index < -0.39 is 15.7 Å². The molecule has 12 heteroatoms. The maximum absolute atomic E-state index is 14.1. The number of aryl methyl sites for hydroxylation is 1. The second-order valence-corrected chi connectivity index (χ2v) is 13.7. The van der Waals surface area contributed by atoms with Crippen LogP contribution in [0, 0.1) is 12.7 Å². The monoisotopic (exact) mass is 646 g/mol. The number of para-hydroxylation sites is 1. The second kappa shape index (κ2) is 13.1. The third kappa shape index (κ3) is 6.99. The summed E-state index contributed by atoms with van der Waals surface area (Å²) < 4.78 is 57.2. The molecule has 1 saturated heterocycles. The van der Waals surface area contributed by atoms with Crippen molar-refractivity contribution < 1.29 is 31.8 Å². The van der Waals surface area contributed by atoms with Crippen LogP contribution >= 0.6 is 0 Å². The lowest BCUT2D eigenvalue weighted by Crippen LogP contribution is -2.38. The summed E-state index contributed by atoms with van der Waals surface area (Å²) in [5.74, 6) is 0.330. The number of anilines is 1. The van der Waals surface area contributed by atoms with Gasteiger partial charge in [-0.25, -0.2) is 17.5 Å². The molecule has 240 valence electrons. The van der Waals surface area contributed by atoms with Crippen molar-refractivity contribution in [3.05, 3.63) is 100 Å². The number of ether oxygens (including phenoxy) is 3. The fraction of sp³-hybridized carbons (Fsp3) is 0.294. The maximum atomic E-state index is 14.1. The lowest BCUT2D eigenvalue weighted by molar-refractivity contribution is 0.0322. The lowest BCUT2D eigenvalue weighted by atomic mass is 10.0. The van der Waals surface area contributed by atoms with Crippen molar-refractivity contribution >= 4 is 27.5 Å². The first-order chi connectivity index (χ1) is 22.1. The fourth-order valence-corrected chi connectivity index (χ4v) is 6.48. The van der Waals surface area contributed by atoms with Gasteiger partial charge in [0, 0.05) is 43.4 Å². The number of nitrogen functional groups attached to an aromatic ring is 1. The summed E-state index contributed by atoms with van der Waals surface area (Å²) in [5.41, 5.74) is 10.8. The molecular weight excluding hydrogens is 611 g/mol. The Morgan fingerprint density at radius 1 is 1.09 bits per heavy atom. The summed E-state index contributed by atoms with van der Waals surface area (Å²) in [5, 5.41) is 4.40. The van der Waals surface area contributed by atoms with Crippen LogP contribution < -0.4 is 15.2 Å². The van der Waals surface area contributed by atoms with E-state index in [0.29, 0.717) is 61.1 Å². The number of hydrogen-bond acceptors (Lipinski definition) is 9. The molecule has 3 aromatic carbocycles. The zero-order valence-corrected chi connectivity index (χ0v) is 26.5. The van der Waals surface area contributed by atoms with E-state index in [4.69, 9.17) is 19.9 Å². The van der Waals surface area contributed by atoms with E-state index in [1.54, 1.807) is 42.5 Å². The number of aromatic nitrogens is 2. The fourth-order valence-electron chi connectivity index (χ4n) is 5.69. The standard InChI is InChI=1S/C34H35FN4O6S/c1-22-15-27(45-31-6-4-3-5-29(31)35)7-8-30(22)39-34(36)28(20-37-39)33(40)25-16-23-18-26(21-46(2,41)42)32(19-24(23)17-25)44-14-11-38-9-12-43-13-10-38/h3-8,15,17-20H,9-14,16,21,36H2,1-2H3. The van der Waals surface area contributed by atoms with Gasteiger partial charge in [0.15, 0.2) is 27.2 Å². The summed E-state index contributed by atoms with van der Waals surface area (Å²) >= 11 is 0. The predicted octanol–water partition coefficient (Wildman–Crippen LogP) is 4.77. The molecule has 0 amide bonds. The van der Waals surface area contributed by atoms with Crippen LogP contribution in [0.4, 0.5) is 10.2 Å². The van der Waals surface area contributed by atoms with Gasteiger partial charge in [-0.05, 0) is 66.1 Å². The van der Waals surface area contributed by atoms with Crippen molar-refractivity contribution in [1.29, 1.82) is 0 Å². The highest BCUT2D eigenvalue weighted by atomic mass is 32.2. The van der Waals surface area contributed by atoms with Crippen LogP contribution in [0.25, 0.3) is 11.8 Å². The Bertz CT molecular complexity index is 1930. The summed E-state index contributed by atoms with van der Waals surface area (Å²) in [6.45, 7) is 5.96. The molecule has 10 nitrogen and oxygen atoms in total. The van der Waals surface area contributed by atoms with Gasteiger partial charge in [0.25, 0.3) is 0 Å². The van der Waals surface area contributed by atoms with E-state index in [1.165, 1.54) is 23.2 Å². The zero-order chi connectivity index (χ0) is 32.4. The Morgan fingerprint density at radius 3 is 2.61 bits per heavy atom. The van der Waals surface area contributed by atoms with Crippen molar-refractivity contribution in [1.82, 2.24) is 14.7 Å². The molecule has 0 bridgehead atoms. The van der Waals surface area contributed by atoms with Crippen molar-refractivity contribution in [2.75, 3.05) is 51.4 Å². The van der Waals surface area contributed by atoms with Crippen LogP contribution in [0.5, 0.6) is 17.2 Å². The number of halogens is 1. The lowest BCUT2D eigenvalue weighted by Gasteiger charge is -2.26. The molecule has 1 aromatic heterocycles. The van der Waals surface area contributed by atoms with Gasteiger partial charge in [0.05, 0.1) is 36.4 Å². The molecule has 0 radical (unpaired) electrons. The van der Waals surface area contributed by atoms with E-state index in [1.807, 2.05) is 19.1 Å². The molecule has 2 heterocycles. The minimum absolute atomic E-state index is 0.113. The summed E-state index contributed by atoms with van der Waals surface area (Å²) in [7, 11) is -3.33. The first-order valence-corrected chi connectivity index (χ1v) is 17.0. The number of allylic oxidation sites excluding steroid dienone is 1. The molecule has 0 spiro atoms. The van der Waals surface area contributed by atoms with E-state index in [9.17, 15) is 17.6 Å². The molecule has 2 aliphatic rings. The number of carbonyl (C=O) groups excluding carboxylic acids is 1. The van der Waals surface area contributed by atoms with Gasteiger partial charge in [0.2, 0.25) is 0 Å². The first kappa shape index (κ1) is 31.5. The van der Waals surface area contributed by atoms with Crippen LogP contribution in [0.1, 0.15) is 32.6 Å². The second-order valence-electron chi connectivity index (χ2n) is 11.5. The van der Waals surface area contributed by atoms with Gasteiger partial charge >= 0.3 is 0 Å². The van der Waals surface area contributed by atoms with Gasteiger partial charge < -0.3 is 19.9 Å². The normalized spacial score (nSPS) is 15.0. The minimum atomic E-state index is -3.33. The number of hydrogen-bond donors (Lipinski definition) is 1. The third-order valence-corrected chi connectivity index (χ3v) is 8.86. The number of morpholine rings is 1. The van der Waals surface area contributed by atoms with Crippen molar-refractivity contribution in [3.63, 3.8) is 0 Å². The molecular formula is C34H35FN4O6S. The van der Waals surface area contributed by atoms with E-state index >= 15 is 0 Å². The Balaban J connectivity index is 1.20. The van der Waals surface area contributed by atoms with Crippen molar-refractivity contribution in [2.45, 2.75) is 19.1 Å². The molecule has 46 heavy (non-hydrogen) atoms. The predicted molar refractivity (Wildman–Crippen MR) is 173 cm³/mol. The van der Waals surface area contributed by atoms with Gasteiger partial charge in [-0.2, -0.15) is 5.10 Å². The van der Waals surface area contributed by atoms with E-state index in [-0.39, 0.29) is 28.7 Å². The Labute approximate surface area is 267 Å². The topological polar surface area (TPSA) is 126 Å². The Kier molecular flexibility index (Phi) is 8.94. The molecule has 1 aliphatic heterocycles. The number of sulfone groups is 1. The number of ketones is 1. The van der Waals surface area contributed by atoms with Crippen LogP contribution in [0.2, 0.25) is 0 Å². The summed E-state index contributed by atoms with van der Waals surface area (Å²) in [6, 6.07) is 15.0. The largest absolute Gasteiger partial charge is 0.492 e. The number of benzene rings is 3. The molecule has 0 unspecified atom stereocenters. The highest BCUT2D eigenvalue weighted by Gasteiger charge is 2.26. The maximum Gasteiger partial charge on any atom is 0.194 e. The quantitative estimate of drug-likeness (QED) is 0.229. The molecule has 1 fully saturated rings. The number of rotatable bonds is 11. The average Bonchev–Trinajstić information content (AvgIpc) is 3.61. The molecule has 1 aliphatic carbocycles. The highest BCUT2D eigenvalue weighted by Crippen LogP contribution is 2.35. The SMILES string of the molecule is Cc1cc(Oc2ccccc2F)ccc1-n1ncc(C(=O)C2=Cc3cc(OCCN4CCOCC4)c(CS(C)(=O)=O)cc3C2)c1N. The van der Waals surface area contributed by atoms with E-state index in [2.05, 4.69) is 10.00 Å². The molecule has 0 saturated carbocycles. The van der Waals surface area contributed by atoms with Crippen LogP contribution in [0.15, 0.2) is 66.4 Å². The zero-order valence-electron chi connectivity index (χ0n) is 25.7. The van der Waals surface area contributed by atoms with Crippen LogP contribution in [0.3, 0.4) is 0 Å². The molecule has 2 N–H and O–H groups in total. The molecule has 4 aromatic rings. The van der Waals surface area contributed by atoms with Gasteiger partial charge in [-0.1, -0.05) is 18.2 Å². The smallest absolute Gasteiger partial charge is 0.194 e. The summed E-state index contributed by atoms with van der Waals surface area (Å²) in [6.07, 6.45) is 4.76. The number of fused-ring (bicyclic) bond motifs is 1. The Morgan fingerprint density at radius 2 is 1.87 bits per heavy atom. The van der Waals surface area contributed by atoms with Crippen molar-refractivity contribution in [2.24, 2.45) is 0 Å². The van der Waals surface area contributed by atoms with Crippen molar-refractivity contribution in [3.8, 4) is 22.9 Å². The number of Topliss-reactive ketones (excluding diaryl/α,β-unsaturated/α-hetero) is 1. The number of nitrogens with two attached hydrogens (primary N) is 1. The van der Waals surface area contributed by atoms with Gasteiger partial charge in [-0.15, -0.1) is 0 Å². The van der Waals surface area contributed by atoms with Gasteiger partial charge in [-0.3, -0.25) is 9.69 Å². The molecule has 0 atom stereocenters. The van der Waals surface area contributed by atoms with Crippen LogP contribution in [-0.4, -0.2) is 74.6 Å². The first-order valence-electron chi connectivity index (χ1n) is 14.9. The van der Waals surface area contributed by atoms with Crippen LogP contribution in [-0.2, 0) is 26.7 Å². The highest BCUT2D eigenvalue weighted by molar-refractivity contribution is 7.89. The average molecular weight is 647 g/mol.